The van der Waals surface area contributed by atoms with Crippen LogP contribution < -0.4 is 5.32 Å². The molecule has 1 aromatic carbocycles. The van der Waals surface area contributed by atoms with Gasteiger partial charge >= 0.3 is 0 Å². The summed E-state index contributed by atoms with van der Waals surface area (Å²) < 4.78 is 0. The van der Waals surface area contributed by atoms with Crippen molar-refractivity contribution in [2.45, 2.75) is 0 Å². The Morgan fingerprint density at radius 1 is 0.833 bits per heavy atom. The number of benzene rings is 1. The molecule has 6 nitrogen and oxygen atoms in total. The minimum Gasteiger partial charge on any atom is -0.282 e. The fraction of sp³-hybridized carbons (Fsp3) is 0. The van der Waals surface area contributed by atoms with Crippen molar-refractivity contribution in [1.29, 1.82) is 0 Å². The number of aromatic nitrogens is 3. The van der Waals surface area contributed by atoms with Crippen LogP contribution in [0.15, 0.2) is 78.4 Å². The number of imide groups is 1. The Kier molecular flexibility index (Phi) is 4.57. The average Bonchev–Trinajstić information content (AvgIpc) is 3.10. The summed E-state index contributed by atoms with van der Waals surface area (Å²) in [5.74, 6) is -0.380. The van der Waals surface area contributed by atoms with Gasteiger partial charge in [-0.3, -0.25) is 29.9 Å². The van der Waals surface area contributed by atoms with Crippen molar-refractivity contribution >= 4 is 39.9 Å². The van der Waals surface area contributed by atoms with E-state index in [4.69, 9.17) is 0 Å². The summed E-state index contributed by atoms with van der Waals surface area (Å²) in [6.45, 7) is 0. The Hall–Kier alpha value is -3.84. The highest BCUT2D eigenvalue weighted by Crippen LogP contribution is 2.32. The molecule has 1 saturated heterocycles. The fourth-order valence-corrected chi connectivity index (χ4v) is 4.06. The highest BCUT2D eigenvalue weighted by Gasteiger charge is 2.24. The van der Waals surface area contributed by atoms with Crippen LogP contribution in [0.25, 0.3) is 39.2 Å². The van der Waals surface area contributed by atoms with Crippen LogP contribution in [0.1, 0.15) is 5.56 Å². The molecule has 4 heterocycles. The molecule has 144 valence electrons. The zero-order valence-corrected chi connectivity index (χ0v) is 16.4. The third-order valence-corrected chi connectivity index (χ3v) is 5.58. The van der Waals surface area contributed by atoms with Gasteiger partial charge in [0.25, 0.3) is 11.1 Å². The fourth-order valence-electron chi connectivity index (χ4n) is 3.38. The van der Waals surface area contributed by atoms with Crippen molar-refractivity contribution in [3.05, 3.63) is 83.9 Å². The molecule has 1 fully saturated rings. The number of hydrogen-bond acceptors (Lipinski definition) is 6. The molecule has 4 aromatic rings. The van der Waals surface area contributed by atoms with E-state index in [0.29, 0.717) is 4.91 Å². The lowest BCUT2D eigenvalue weighted by Crippen LogP contribution is -2.17. The van der Waals surface area contributed by atoms with E-state index in [9.17, 15) is 9.59 Å². The summed E-state index contributed by atoms with van der Waals surface area (Å²) in [4.78, 5) is 36.4. The molecule has 0 unspecified atom stereocenters. The summed E-state index contributed by atoms with van der Waals surface area (Å²) in [6.07, 6.45) is 10.5. The van der Waals surface area contributed by atoms with Crippen LogP contribution in [0.5, 0.6) is 0 Å². The first-order chi connectivity index (χ1) is 14.7. The third-order valence-electron chi connectivity index (χ3n) is 4.77. The normalized spacial score (nSPS) is 15.0. The first-order valence-electron chi connectivity index (χ1n) is 9.17. The lowest BCUT2D eigenvalue weighted by Gasteiger charge is -2.09. The minimum absolute atomic E-state index is 0.360. The molecule has 2 amide bonds. The lowest BCUT2D eigenvalue weighted by atomic mass is 9.98. The van der Waals surface area contributed by atoms with Gasteiger partial charge in [0.15, 0.2) is 0 Å². The zero-order valence-electron chi connectivity index (χ0n) is 15.6. The van der Waals surface area contributed by atoms with Gasteiger partial charge in [0, 0.05) is 41.9 Å². The van der Waals surface area contributed by atoms with Gasteiger partial charge < -0.3 is 0 Å². The Balaban J connectivity index is 1.58. The van der Waals surface area contributed by atoms with Crippen LogP contribution in [0.3, 0.4) is 0 Å². The van der Waals surface area contributed by atoms with Crippen LogP contribution in [-0.2, 0) is 4.79 Å². The van der Waals surface area contributed by atoms with Gasteiger partial charge in [0.2, 0.25) is 0 Å². The van der Waals surface area contributed by atoms with Gasteiger partial charge in [0.05, 0.1) is 10.4 Å². The van der Waals surface area contributed by atoms with Gasteiger partial charge in [-0.25, -0.2) is 0 Å². The number of nitrogens with one attached hydrogen (secondary N) is 1. The molecule has 1 aliphatic rings. The van der Waals surface area contributed by atoms with Crippen LogP contribution in [-0.4, -0.2) is 26.1 Å². The first-order valence-corrected chi connectivity index (χ1v) is 9.98. The van der Waals surface area contributed by atoms with Crippen molar-refractivity contribution in [2.75, 3.05) is 0 Å². The molecule has 1 N–H and O–H groups in total. The second kappa shape index (κ2) is 7.53. The van der Waals surface area contributed by atoms with E-state index in [1.54, 1.807) is 37.1 Å². The molecule has 0 atom stereocenters. The summed E-state index contributed by atoms with van der Waals surface area (Å²) in [7, 11) is 0. The van der Waals surface area contributed by atoms with Gasteiger partial charge in [-0.05, 0) is 76.5 Å². The Labute approximate surface area is 176 Å². The number of hydrogen-bond donors (Lipinski definition) is 1. The highest BCUT2D eigenvalue weighted by atomic mass is 32.2. The highest BCUT2D eigenvalue weighted by molar-refractivity contribution is 8.18. The van der Waals surface area contributed by atoms with Crippen LogP contribution >= 0.6 is 11.8 Å². The number of thioether (sulfide) groups is 1. The predicted octanol–water partition coefficient (Wildman–Crippen LogP) is 4.68. The molecule has 0 aliphatic carbocycles. The zero-order chi connectivity index (χ0) is 20.5. The second-order valence-electron chi connectivity index (χ2n) is 6.69. The molecular formula is C23H14N4O2S. The SMILES string of the molecule is O=C1NC(=O)/C(=C/c2cncc(-c3ccc4nccc(-c5ccncc5)c4c3)c2)S1. The molecule has 0 bridgehead atoms. The molecule has 0 spiro atoms. The standard InChI is InChI=1S/C23H14N4O2S/c28-22-21(30-23(29)27-22)10-14-9-17(13-25-12-14)16-1-2-20-19(11-16)18(5-8-26-20)15-3-6-24-7-4-15/h1-13H,(H,27,28,29)/b21-10-. The number of rotatable bonds is 3. The minimum atomic E-state index is -0.380. The number of carbonyl (C=O) groups excluding carboxylic acids is 2. The number of carbonyl (C=O) groups is 2. The van der Waals surface area contributed by atoms with Gasteiger partial charge in [-0.2, -0.15) is 0 Å². The van der Waals surface area contributed by atoms with E-state index < -0.39 is 0 Å². The van der Waals surface area contributed by atoms with Crippen molar-refractivity contribution in [3.63, 3.8) is 0 Å². The Morgan fingerprint density at radius 3 is 2.50 bits per heavy atom. The van der Waals surface area contributed by atoms with Crippen molar-refractivity contribution in [2.24, 2.45) is 0 Å². The maximum atomic E-state index is 11.8. The van der Waals surface area contributed by atoms with E-state index in [0.717, 1.165) is 50.5 Å². The van der Waals surface area contributed by atoms with E-state index in [-0.39, 0.29) is 11.1 Å². The van der Waals surface area contributed by atoms with Crippen molar-refractivity contribution in [3.8, 4) is 22.3 Å². The van der Waals surface area contributed by atoms with E-state index in [1.807, 2.05) is 36.4 Å². The topological polar surface area (TPSA) is 84.8 Å². The molecule has 5 rings (SSSR count). The number of amides is 2. The van der Waals surface area contributed by atoms with Crippen LogP contribution in [0.2, 0.25) is 0 Å². The van der Waals surface area contributed by atoms with E-state index >= 15 is 0 Å². The monoisotopic (exact) mass is 410 g/mol. The van der Waals surface area contributed by atoms with Gasteiger partial charge in [0.1, 0.15) is 0 Å². The average molecular weight is 410 g/mol. The van der Waals surface area contributed by atoms with Crippen molar-refractivity contribution < 1.29 is 9.59 Å². The summed E-state index contributed by atoms with van der Waals surface area (Å²) in [5.41, 5.74) is 5.69. The van der Waals surface area contributed by atoms with Crippen LogP contribution in [0, 0.1) is 0 Å². The maximum Gasteiger partial charge on any atom is 0.290 e. The van der Waals surface area contributed by atoms with Gasteiger partial charge in [-0.1, -0.05) is 6.07 Å². The molecular weight excluding hydrogens is 396 g/mol. The summed E-state index contributed by atoms with van der Waals surface area (Å²) in [5, 5.41) is 2.93. The lowest BCUT2D eigenvalue weighted by molar-refractivity contribution is -0.115. The quantitative estimate of drug-likeness (QED) is 0.494. The number of nitrogens with zero attached hydrogens (tertiary/aromatic N) is 3. The summed E-state index contributed by atoms with van der Waals surface area (Å²) >= 11 is 0.892. The summed E-state index contributed by atoms with van der Waals surface area (Å²) in [6, 6.07) is 14.0. The number of pyridine rings is 3. The van der Waals surface area contributed by atoms with E-state index in [1.165, 1.54) is 0 Å². The largest absolute Gasteiger partial charge is 0.290 e. The Bertz CT molecular complexity index is 1340. The second-order valence-corrected chi connectivity index (χ2v) is 7.70. The predicted molar refractivity (Wildman–Crippen MR) is 117 cm³/mol. The number of fused-ring (bicyclic) bond motifs is 1. The Morgan fingerprint density at radius 2 is 1.70 bits per heavy atom. The molecule has 0 radical (unpaired) electrons. The van der Waals surface area contributed by atoms with Crippen molar-refractivity contribution in [1.82, 2.24) is 20.3 Å². The molecule has 1 aliphatic heterocycles. The van der Waals surface area contributed by atoms with Crippen LogP contribution in [0.4, 0.5) is 4.79 Å². The maximum absolute atomic E-state index is 11.8. The smallest absolute Gasteiger partial charge is 0.282 e. The molecule has 7 heteroatoms. The third kappa shape index (κ3) is 3.46. The van der Waals surface area contributed by atoms with E-state index in [2.05, 4.69) is 26.3 Å². The molecule has 30 heavy (non-hydrogen) atoms. The first kappa shape index (κ1) is 18.2. The molecule has 3 aromatic heterocycles. The van der Waals surface area contributed by atoms with Gasteiger partial charge in [-0.15, -0.1) is 0 Å². The molecule has 0 saturated carbocycles.